The molecule has 1 aliphatic rings. The molecule has 2 amide bonds. The number of methoxy groups -OCH3 is 1. The molecule has 3 aromatic carbocycles. The van der Waals surface area contributed by atoms with Crippen molar-refractivity contribution < 1.29 is 28.2 Å². The number of nitrogens with one attached hydrogen (secondary N) is 1. The summed E-state index contributed by atoms with van der Waals surface area (Å²) in [6, 6.07) is 18.1. The van der Waals surface area contributed by atoms with Gasteiger partial charge in [-0.25, -0.2) is 4.39 Å². The van der Waals surface area contributed by atoms with Crippen LogP contribution in [0.25, 0.3) is 0 Å². The molecule has 0 aliphatic carbocycles. The Labute approximate surface area is 190 Å². The SMILES string of the molecule is COc1ccccc1OCC(=O)Nc1ccc2c(c1)N(Cc1ccc(F)cc1)C(=O)C(C)O2. The molecule has 1 atom stereocenters. The molecule has 1 aliphatic heterocycles. The van der Waals surface area contributed by atoms with E-state index in [1.807, 2.05) is 0 Å². The molecule has 0 saturated carbocycles. The molecule has 1 N–H and O–H groups in total. The average Bonchev–Trinajstić information content (AvgIpc) is 2.82. The number of carbonyl (C=O) groups excluding carboxylic acids is 2. The minimum absolute atomic E-state index is 0.219. The van der Waals surface area contributed by atoms with Crippen LogP contribution >= 0.6 is 0 Å². The number of hydrogen-bond donors (Lipinski definition) is 1. The van der Waals surface area contributed by atoms with Crippen LogP contribution in [0.4, 0.5) is 15.8 Å². The maximum atomic E-state index is 13.3. The van der Waals surface area contributed by atoms with Crippen LogP contribution in [0.1, 0.15) is 12.5 Å². The van der Waals surface area contributed by atoms with Crippen LogP contribution in [0.5, 0.6) is 17.2 Å². The normalized spacial score (nSPS) is 14.8. The number of para-hydroxylation sites is 2. The first-order valence-corrected chi connectivity index (χ1v) is 10.4. The molecule has 0 aromatic heterocycles. The number of halogens is 1. The van der Waals surface area contributed by atoms with E-state index >= 15 is 0 Å². The van der Waals surface area contributed by atoms with Crippen LogP contribution in [0, 0.1) is 5.82 Å². The van der Waals surface area contributed by atoms with Crippen molar-refractivity contribution in [3.8, 4) is 17.2 Å². The van der Waals surface area contributed by atoms with Gasteiger partial charge in [0.05, 0.1) is 19.3 Å². The second kappa shape index (κ2) is 9.60. The molecule has 7 nitrogen and oxygen atoms in total. The first-order chi connectivity index (χ1) is 15.9. The van der Waals surface area contributed by atoms with Gasteiger partial charge in [-0.2, -0.15) is 0 Å². The largest absolute Gasteiger partial charge is 0.493 e. The van der Waals surface area contributed by atoms with E-state index in [-0.39, 0.29) is 30.8 Å². The second-order valence-corrected chi connectivity index (χ2v) is 7.48. The topological polar surface area (TPSA) is 77.1 Å². The molecule has 0 bridgehead atoms. The predicted octanol–water partition coefficient (Wildman–Crippen LogP) is 4.17. The lowest BCUT2D eigenvalue weighted by atomic mass is 10.1. The molecule has 8 heteroatoms. The number of fused-ring (bicyclic) bond motifs is 1. The summed E-state index contributed by atoms with van der Waals surface area (Å²) in [6.07, 6.45) is -0.660. The Morgan fingerprint density at radius 1 is 1.09 bits per heavy atom. The molecule has 1 heterocycles. The maximum Gasteiger partial charge on any atom is 0.268 e. The Kier molecular flexibility index (Phi) is 6.44. The Morgan fingerprint density at radius 2 is 1.82 bits per heavy atom. The summed E-state index contributed by atoms with van der Waals surface area (Å²) >= 11 is 0. The third kappa shape index (κ3) is 5.06. The van der Waals surface area contributed by atoms with Crippen LogP contribution in [-0.4, -0.2) is 31.6 Å². The highest BCUT2D eigenvalue weighted by molar-refractivity contribution is 6.01. The van der Waals surface area contributed by atoms with E-state index in [2.05, 4.69) is 5.32 Å². The molecule has 4 rings (SSSR count). The van der Waals surface area contributed by atoms with E-state index in [0.29, 0.717) is 28.6 Å². The molecule has 0 fully saturated rings. The van der Waals surface area contributed by atoms with Crippen LogP contribution in [0.15, 0.2) is 66.7 Å². The molecular weight excluding hydrogens is 427 g/mol. The van der Waals surface area contributed by atoms with Gasteiger partial charge >= 0.3 is 0 Å². The minimum Gasteiger partial charge on any atom is -0.493 e. The molecule has 3 aromatic rings. The number of hydrogen-bond acceptors (Lipinski definition) is 5. The quantitative estimate of drug-likeness (QED) is 0.585. The van der Waals surface area contributed by atoms with Gasteiger partial charge in [-0.3, -0.25) is 9.59 Å². The first-order valence-electron chi connectivity index (χ1n) is 10.4. The maximum absolute atomic E-state index is 13.3. The second-order valence-electron chi connectivity index (χ2n) is 7.48. The minimum atomic E-state index is -0.660. The molecule has 0 radical (unpaired) electrons. The van der Waals surface area contributed by atoms with E-state index < -0.39 is 6.10 Å². The van der Waals surface area contributed by atoms with Gasteiger partial charge in [0.1, 0.15) is 11.6 Å². The molecule has 33 heavy (non-hydrogen) atoms. The van der Waals surface area contributed by atoms with Gasteiger partial charge in [-0.1, -0.05) is 24.3 Å². The third-order valence-electron chi connectivity index (χ3n) is 5.13. The van der Waals surface area contributed by atoms with E-state index in [1.54, 1.807) is 66.4 Å². The van der Waals surface area contributed by atoms with Crippen molar-refractivity contribution in [3.05, 3.63) is 78.1 Å². The highest BCUT2D eigenvalue weighted by Gasteiger charge is 2.32. The van der Waals surface area contributed by atoms with Crippen molar-refractivity contribution in [2.45, 2.75) is 19.6 Å². The van der Waals surface area contributed by atoms with Gasteiger partial charge in [0.25, 0.3) is 11.8 Å². The third-order valence-corrected chi connectivity index (χ3v) is 5.13. The lowest BCUT2D eigenvalue weighted by Gasteiger charge is -2.33. The number of nitrogens with zero attached hydrogens (tertiary/aromatic N) is 1. The van der Waals surface area contributed by atoms with Crippen molar-refractivity contribution in [2.75, 3.05) is 23.9 Å². The summed E-state index contributed by atoms with van der Waals surface area (Å²) in [4.78, 5) is 26.8. The summed E-state index contributed by atoms with van der Waals surface area (Å²) in [5.41, 5.74) is 1.77. The van der Waals surface area contributed by atoms with Gasteiger partial charge in [-0.15, -0.1) is 0 Å². The summed E-state index contributed by atoms with van der Waals surface area (Å²) in [5, 5.41) is 2.77. The Hall–Kier alpha value is -4.07. The molecule has 0 spiro atoms. The lowest BCUT2D eigenvalue weighted by molar-refractivity contribution is -0.125. The number of benzene rings is 3. The van der Waals surface area contributed by atoms with Crippen molar-refractivity contribution in [1.82, 2.24) is 0 Å². The highest BCUT2D eigenvalue weighted by Crippen LogP contribution is 2.37. The fourth-order valence-electron chi connectivity index (χ4n) is 3.50. The zero-order chi connectivity index (χ0) is 23.4. The standard InChI is InChI=1S/C25H23FN2O5/c1-16-25(30)28(14-17-7-9-18(26)10-8-17)20-13-19(11-12-21(20)33-16)27-24(29)15-32-23-6-4-3-5-22(23)31-2/h3-13,16H,14-15H2,1-2H3,(H,27,29). The zero-order valence-electron chi connectivity index (χ0n) is 18.2. The molecule has 170 valence electrons. The van der Waals surface area contributed by atoms with Gasteiger partial charge < -0.3 is 24.4 Å². The number of carbonyl (C=O) groups is 2. The number of ether oxygens (including phenoxy) is 3. The monoisotopic (exact) mass is 450 g/mol. The van der Waals surface area contributed by atoms with E-state index in [4.69, 9.17) is 14.2 Å². The van der Waals surface area contributed by atoms with Gasteiger partial charge in [0, 0.05) is 5.69 Å². The van der Waals surface area contributed by atoms with Gasteiger partial charge in [0.2, 0.25) is 0 Å². The van der Waals surface area contributed by atoms with Crippen molar-refractivity contribution in [3.63, 3.8) is 0 Å². The molecule has 1 unspecified atom stereocenters. The van der Waals surface area contributed by atoms with Crippen LogP contribution < -0.4 is 24.4 Å². The zero-order valence-corrected chi connectivity index (χ0v) is 18.2. The van der Waals surface area contributed by atoms with Crippen LogP contribution in [0.2, 0.25) is 0 Å². The number of amides is 2. The van der Waals surface area contributed by atoms with Crippen molar-refractivity contribution in [2.24, 2.45) is 0 Å². The van der Waals surface area contributed by atoms with E-state index in [9.17, 15) is 14.0 Å². The Morgan fingerprint density at radius 3 is 2.55 bits per heavy atom. The van der Waals surface area contributed by atoms with Crippen LogP contribution in [0.3, 0.4) is 0 Å². The molecule has 0 saturated heterocycles. The fourth-order valence-corrected chi connectivity index (χ4v) is 3.50. The fraction of sp³-hybridized carbons (Fsp3) is 0.200. The highest BCUT2D eigenvalue weighted by atomic mass is 19.1. The van der Waals surface area contributed by atoms with Crippen molar-refractivity contribution in [1.29, 1.82) is 0 Å². The number of rotatable bonds is 7. The number of anilines is 2. The van der Waals surface area contributed by atoms with E-state index in [0.717, 1.165) is 5.56 Å². The van der Waals surface area contributed by atoms with Crippen molar-refractivity contribution >= 4 is 23.2 Å². The smallest absolute Gasteiger partial charge is 0.268 e. The molecular formula is C25H23FN2O5. The summed E-state index contributed by atoms with van der Waals surface area (Å²) in [5.74, 6) is 0.560. The van der Waals surface area contributed by atoms with Gasteiger partial charge in [0.15, 0.2) is 24.2 Å². The van der Waals surface area contributed by atoms with Gasteiger partial charge in [-0.05, 0) is 55.0 Å². The predicted molar refractivity (Wildman–Crippen MR) is 121 cm³/mol. The average molecular weight is 450 g/mol. The van der Waals surface area contributed by atoms with E-state index in [1.165, 1.54) is 19.2 Å². The van der Waals surface area contributed by atoms with Crippen LogP contribution in [-0.2, 0) is 16.1 Å². The summed E-state index contributed by atoms with van der Waals surface area (Å²) in [7, 11) is 1.53. The first kappa shape index (κ1) is 22.1. The Balaban J connectivity index is 1.49. The Bertz CT molecular complexity index is 1170. The lowest BCUT2D eigenvalue weighted by Crippen LogP contribution is -2.44. The summed E-state index contributed by atoms with van der Waals surface area (Å²) in [6.45, 7) is 1.70. The summed E-state index contributed by atoms with van der Waals surface area (Å²) < 4.78 is 29.8.